The van der Waals surface area contributed by atoms with Gasteiger partial charge in [0, 0.05) is 24.3 Å². The van der Waals surface area contributed by atoms with Gasteiger partial charge in [-0.2, -0.15) is 0 Å². The van der Waals surface area contributed by atoms with E-state index >= 15 is 0 Å². The van der Waals surface area contributed by atoms with E-state index in [1.807, 2.05) is 18.2 Å². The molecule has 0 atom stereocenters. The van der Waals surface area contributed by atoms with Gasteiger partial charge >= 0.3 is 0 Å². The Morgan fingerprint density at radius 2 is 1.94 bits per heavy atom. The molecule has 0 heterocycles. The second-order valence-corrected chi connectivity index (χ2v) is 4.86. The first-order valence-corrected chi connectivity index (χ1v) is 6.10. The van der Waals surface area contributed by atoms with Crippen LogP contribution in [0.2, 0.25) is 0 Å². The summed E-state index contributed by atoms with van der Waals surface area (Å²) in [6.07, 6.45) is 0.708. The minimum Gasteiger partial charge on any atom is -0.493 e. The smallest absolute Gasteiger partial charge is 0.165 e. The summed E-state index contributed by atoms with van der Waals surface area (Å²) in [5.41, 5.74) is 0.936. The first-order chi connectivity index (χ1) is 8.54. The summed E-state index contributed by atoms with van der Waals surface area (Å²) in [6.45, 7) is 4.98. The van der Waals surface area contributed by atoms with Crippen molar-refractivity contribution >= 4 is 0 Å². The van der Waals surface area contributed by atoms with Crippen molar-refractivity contribution in [2.45, 2.75) is 32.4 Å². The minimum absolute atomic E-state index is 0.108. The molecule has 2 N–H and O–H groups in total. The Kier molecular flexibility index (Phi) is 5.44. The molecule has 0 fully saturated rings. The molecule has 18 heavy (non-hydrogen) atoms. The van der Waals surface area contributed by atoms with Crippen LogP contribution in [0, 0.1) is 0 Å². The van der Waals surface area contributed by atoms with E-state index in [0.29, 0.717) is 13.0 Å². The van der Waals surface area contributed by atoms with E-state index in [9.17, 15) is 0 Å². The van der Waals surface area contributed by atoms with E-state index in [-0.39, 0.29) is 12.1 Å². The molecule has 0 aromatic heterocycles. The van der Waals surface area contributed by atoms with Gasteiger partial charge in [0.2, 0.25) is 0 Å². The minimum atomic E-state index is -0.108. The fourth-order valence-electron chi connectivity index (χ4n) is 1.80. The number of para-hydroxylation sites is 1. The first-order valence-electron chi connectivity index (χ1n) is 6.10. The van der Waals surface area contributed by atoms with E-state index in [4.69, 9.17) is 14.6 Å². The van der Waals surface area contributed by atoms with E-state index in [1.54, 1.807) is 14.2 Å². The van der Waals surface area contributed by atoms with Crippen molar-refractivity contribution in [2.24, 2.45) is 0 Å². The molecule has 0 saturated carbocycles. The Bertz CT molecular complexity index is 377. The molecular formula is C14H23NO3. The SMILES string of the molecule is COc1cccc(CNC(C)(C)CCO)c1OC. The Morgan fingerprint density at radius 3 is 2.50 bits per heavy atom. The molecule has 4 heteroatoms. The molecule has 0 amide bonds. The summed E-state index contributed by atoms with van der Waals surface area (Å²) in [5.74, 6) is 1.49. The highest BCUT2D eigenvalue weighted by molar-refractivity contribution is 5.46. The number of aliphatic hydroxyl groups excluding tert-OH is 1. The van der Waals surface area contributed by atoms with Gasteiger partial charge in [-0.1, -0.05) is 12.1 Å². The predicted molar refractivity (Wildman–Crippen MR) is 72.2 cm³/mol. The molecular weight excluding hydrogens is 230 g/mol. The predicted octanol–water partition coefficient (Wildman–Crippen LogP) is 1.95. The highest BCUT2D eigenvalue weighted by Crippen LogP contribution is 2.30. The first kappa shape index (κ1) is 14.8. The van der Waals surface area contributed by atoms with Crippen molar-refractivity contribution in [1.29, 1.82) is 0 Å². The van der Waals surface area contributed by atoms with Crippen LogP contribution >= 0.6 is 0 Å². The topological polar surface area (TPSA) is 50.7 Å². The second kappa shape index (κ2) is 6.61. The van der Waals surface area contributed by atoms with Crippen LogP contribution in [0.3, 0.4) is 0 Å². The largest absolute Gasteiger partial charge is 0.493 e. The number of methoxy groups -OCH3 is 2. The second-order valence-electron chi connectivity index (χ2n) is 4.86. The van der Waals surface area contributed by atoms with Gasteiger partial charge in [-0.15, -0.1) is 0 Å². The van der Waals surface area contributed by atoms with Crippen molar-refractivity contribution < 1.29 is 14.6 Å². The van der Waals surface area contributed by atoms with Crippen LogP contribution in [0.25, 0.3) is 0 Å². The summed E-state index contributed by atoms with van der Waals surface area (Å²) in [6, 6.07) is 5.82. The zero-order valence-electron chi connectivity index (χ0n) is 11.6. The maximum atomic E-state index is 9.00. The van der Waals surface area contributed by atoms with Crippen LogP contribution < -0.4 is 14.8 Å². The van der Waals surface area contributed by atoms with Crippen molar-refractivity contribution in [3.8, 4) is 11.5 Å². The third-order valence-electron chi connectivity index (χ3n) is 2.98. The third kappa shape index (κ3) is 3.89. The quantitative estimate of drug-likeness (QED) is 0.780. The average Bonchev–Trinajstić information content (AvgIpc) is 2.35. The summed E-state index contributed by atoms with van der Waals surface area (Å²) < 4.78 is 10.6. The molecule has 4 nitrogen and oxygen atoms in total. The highest BCUT2D eigenvalue weighted by Gasteiger charge is 2.17. The molecule has 0 aliphatic rings. The van der Waals surface area contributed by atoms with E-state index in [1.165, 1.54) is 0 Å². The van der Waals surface area contributed by atoms with E-state index in [0.717, 1.165) is 17.1 Å². The lowest BCUT2D eigenvalue weighted by molar-refractivity contribution is 0.229. The van der Waals surface area contributed by atoms with Crippen LogP contribution in [0.15, 0.2) is 18.2 Å². The molecule has 1 aromatic carbocycles. The van der Waals surface area contributed by atoms with Gasteiger partial charge in [0.05, 0.1) is 14.2 Å². The van der Waals surface area contributed by atoms with Gasteiger partial charge < -0.3 is 19.9 Å². The van der Waals surface area contributed by atoms with Crippen molar-refractivity contribution in [3.05, 3.63) is 23.8 Å². The zero-order chi connectivity index (χ0) is 13.6. The summed E-state index contributed by atoms with van der Waals surface area (Å²) in [4.78, 5) is 0. The molecule has 0 aliphatic carbocycles. The maximum absolute atomic E-state index is 9.00. The molecule has 0 spiro atoms. The number of rotatable bonds is 7. The molecule has 1 aromatic rings. The molecule has 102 valence electrons. The van der Waals surface area contributed by atoms with E-state index < -0.39 is 0 Å². The maximum Gasteiger partial charge on any atom is 0.165 e. The monoisotopic (exact) mass is 253 g/mol. The average molecular weight is 253 g/mol. The van der Waals surface area contributed by atoms with Crippen LogP contribution in [0.4, 0.5) is 0 Å². The van der Waals surface area contributed by atoms with Crippen LogP contribution in [0.1, 0.15) is 25.8 Å². The van der Waals surface area contributed by atoms with Gasteiger partial charge in [0.1, 0.15) is 0 Å². The Hall–Kier alpha value is -1.26. The Labute approximate surface area is 109 Å². The zero-order valence-corrected chi connectivity index (χ0v) is 11.6. The van der Waals surface area contributed by atoms with Crippen LogP contribution in [-0.4, -0.2) is 31.5 Å². The van der Waals surface area contributed by atoms with Gasteiger partial charge in [0.15, 0.2) is 11.5 Å². The molecule has 0 bridgehead atoms. The Morgan fingerprint density at radius 1 is 1.22 bits per heavy atom. The molecule has 0 aliphatic heterocycles. The molecule has 0 saturated heterocycles. The fourth-order valence-corrected chi connectivity index (χ4v) is 1.80. The third-order valence-corrected chi connectivity index (χ3v) is 2.98. The lowest BCUT2D eigenvalue weighted by atomic mass is 10.0. The number of ether oxygens (including phenoxy) is 2. The fraction of sp³-hybridized carbons (Fsp3) is 0.571. The van der Waals surface area contributed by atoms with Crippen molar-refractivity contribution in [3.63, 3.8) is 0 Å². The highest BCUT2D eigenvalue weighted by atomic mass is 16.5. The summed E-state index contributed by atoms with van der Waals surface area (Å²) in [5, 5.41) is 12.4. The molecule has 1 rings (SSSR count). The number of hydrogen-bond donors (Lipinski definition) is 2. The Balaban J connectivity index is 2.78. The van der Waals surface area contributed by atoms with Gasteiger partial charge in [-0.05, 0) is 26.3 Å². The van der Waals surface area contributed by atoms with Gasteiger partial charge in [-0.3, -0.25) is 0 Å². The van der Waals surface area contributed by atoms with Gasteiger partial charge in [-0.25, -0.2) is 0 Å². The normalized spacial score (nSPS) is 11.4. The van der Waals surface area contributed by atoms with E-state index in [2.05, 4.69) is 19.2 Å². The lowest BCUT2D eigenvalue weighted by Gasteiger charge is -2.26. The number of aliphatic hydroxyl groups is 1. The summed E-state index contributed by atoms with van der Waals surface area (Å²) >= 11 is 0. The number of nitrogens with one attached hydrogen (secondary N) is 1. The number of hydrogen-bond acceptors (Lipinski definition) is 4. The lowest BCUT2D eigenvalue weighted by Crippen LogP contribution is -2.39. The summed E-state index contributed by atoms with van der Waals surface area (Å²) in [7, 11) is 3.27. The molecule has 0 radical (unpaired) electrons. The van der Waals surface area contributed by atoms with Crippen LogP contribution in [0.5, 0.6) is 11.5 Å². The van der Waals surface area contributed by atoms with Crippen LogP contribution in [-0.2, 0) is 6.54 Å². The van der Waals surface area contributed by atoms with Crippen molar-refractivity contribution in [1.82, 2.24) is 5.32 Å². The molecule has 0 unspecified atom stereocenters. The number of benzene rings is 1. The standard InChI is InChI=1S/C14H23NO3/c1-14(2,8-9-16)15-10-11-6-5-7-12(17-3)13(11)18-4/h5-7,15-16H,8-10H2,1-4H3. The van der Waals surface area contributed by atoms with Gasteiger partial charge in [0.25, 0.3) is 0 Å². The van der Waals surface area contributed by atoms with Crippen molar-refractivity contribution in [2.75, 3.05) is 20.8 Å².